The van der Waals surface area contributed by atoms with E-state index in [1.165, 1.54) is 12.1 Å². The summed E-state index contributed by atoms with van der Waals surface area (Å²) in [5, 5.41) is 0. The Morgan fingerprint density at radius 3 is 2.45 bits per heavy atom. The maximum Gasteiger partial charge on any atom is 0.261 e. The van der Waals surface area contributed by atoms with Crippen LogP contribution >= 0.6 is 0 Å². The number of pyridine rings is 1. The first kappa shape index (κ1) is 14.5. The number of hydrogen-bond acceptors (Lipinski definition) is 3. The van der Waals surface area contributed by atoms with Crippen LogP contribution in [0.3, 0.4) is 0 Å². The van der Waals surface area contributed by atoms with E-state index in [0.717, 1.165) is 29.2 Å². The zero-order chi connectivity index (χ0) is 15.9. The molecule has 0 fully saturated rings. The molecule has 0 unspecified atom stereocenters. The smallest absolute Gasteiger partial charge is 0.261 e. The molecule has 0 radical (unpaired) electrons. The molecular formula is C15H14FN3O2S. The highest BCUT2D eigenvalue weighted by atomic mass is 32.2. The summed E-state index contributed by atoms with van der Waals surface area (Å²) in [6.45, 7) is 3.80. The minimum Gasteiger partial charge on any atom is -0.302 e. The summed E-state index contributed by atoms with van der Waals surface area (Å²) < 4.78 is 41.8. The predicted molar refractivity (Wildman–Crippen MR) is 81.9 cm³/mol. The third kappa shape index (κ3) is 2.55. The number of imidazole rings is 1. The third-order valence-corrected chi connectivity index (χ3v) is 4.87. The Bertz CT molecular complexity index is 947. The van der Waals surface area contributed by atoms with E-state index >= 15 is 0 Å². The van der Waals surface area contributed by atoms with Crippen LogP contribution in [-0.2, 0) is 10.0 Å². The summed E-state index contributed by atoms with van der Waals surface area (Å²) in [6.07, 6.45) is 1.67. The highest BCUT2D eigenvalue weighted by Gasteiger charge is 2.15. The predicted octanol–water partition coefficient (Wildman–Crippen LogP) is 2.89. The number of sulfonamides is 1. The molecule has 0 bridgehead atoms. The van der Waals surface area contributed by atoms with Gasteiger partial charge >= 0.3 is 0 Å². The van der Waals surface area contributed by atoms with Crippen molar-refractivity contribution in [3.63, 3.8) is 0 Å². The number of benzene rings is 1. The van der Waals surface area contributed by atoms with E-state index in [1.807, 2.05) is 18.2 Å². The summed E-state index contributed by atoms with van der Waals surface area (Å²) in [5.74, 6) is -0.482. The van der Waals surface area contributed by atoms with Gasteiger partial charge in [-0.05, 0) is 50.2 Å². The normalized spacial score (nSPS) is 11.8. The summed E-state index contributed by atoms with van der Waals surface area (Å²) in [7, 11) is -3.76. The number of anilines is 1. The standard InChI is InChI=1S/C15H14FN3O2S/c1-10-11(2)19-9-13(5-8-15(19)17-10)18-22(20,21)14-6-3-12(16)4-7-14/h3-9,18H,1-2H3. The number of hydrogen-bond donors (Lipinski definition) is 1. The number of nitrogens with one attached hydrogen (secondary N) is 1. The van der Waals surface area contributed by atoms with Crippen molar-refractivity contribution in [3.8, 4) is 0 Å². The van der Waals surface area contributed by atoms with Crippen molar-refractivity contribution < 1.29 is 12.8 Å². The minimum atomic E-state index is -3.76. The first-order valence-corrected chi connectivity index (χ1v) is 8.09. The molecule has 0 atom stereocenters. The number of nitrogens with zero attached hydrogens (tertiary/aromatic N) is 2. The van der Waals surface area contributed by atoms with Crippen LogP contribution in [0.15, 0.2) is 47.5 Å². The fourth-order valence-corrected chi connectivity index (χ4v) is 3.21. The van der Waals surface area contributed by atoms with Gasteiger partial charge in [0.25, 0.3) is 10.0 Å². The highest BCUT2D eigenvalue weighted by molar-refractivity contribution is 7.92. The zero-order valence-electron chi connectivity index (χ0n) is 12.0. The third-order valence-electron chi connectivity index (χ3n) is 3.47. The van der Waals surface area contributed by atoms with Gasteiger partial charge in [-0.1, -0.05) is 0 Å². The average Bonchev–Trinajstić information content (AvgIpc) is 2.74. The molecule has 7 heteroatoms. The van der Waals surface area contributed by atoms with Crippen LogP contribution in [-0.4, -0.2) is 17.8 Å². The maximum absolute atomic E-state index is 12.9. The Labute approximate surface area is 127 Å². The van der Waals surface area contributed by atoms with Gasteiger partial charge in [0.05, 0.1) is 16.3 Å². The molecule has 0 aliphatic heterocycles. The molecule has 0 aliphatic rings. The van der Waals surface area contributed by atoms with Crippen LogP contribution in [0.1, 0.15) is 11.4 Å². The molecule has 114 valence electrons. The zero-order valence-corrected chi connectivity index (χ0v) is 12.9. The average molecular weight is 319 g/mol. The van der Waals surface area contributed by atoms with Crippen molar-refractivity contribution in [3.05, 3.63) is 59.8 Å². The van der Waals surface area contributed by atoms with Crippen molar-refractivity contribution in [2.24, 2.45) is 0 Å². The number of fused-ring (bicyclic) bond motifs is 1. The van der Waals surface area contributed by atoms with Crippen molar-refractivity contribution in [2.75, 3.05) is 4.72 Å². The molecule has 1 N–H and O–H groups in total. The van der Waals surface area contributed by atoms with Crippen LogP contribution in [0.5, 0.6) is 0 Å². The number of aryl methyl sites for hydroxylation is 2. The molecule has 22 heavy (non-hydrogen) atoms. The van der Waals surface area contributed by atoms with Gasteiger partial charge in [-0.15, -0.1) is 0 Å². The van der Waals surface area contributed by atoms with Gasteiger partial charge in [0, 0.05) is 11.9 Å². The van der Waals surface area contributed by atoms with Crippen molar-refractivity contribution in [2.45, 2.75) is 18.7 Å². The van der Waals surface area contributed by atoms with Gasteiger partial charge in [-0.2, -0.15) is 0 Å². The number of rotatable bonds is 3. The summed E-state index contributed by atoms with van der Waals surface area (Å²) >= 11 is 0. The van der Waals surface area contributed by atoms with Gasteiger partial charge in [-0.25, -0.2) is 17.8 Å². The quantitative estimate of drug-likeness (QED) is 0.807. The largest absolute Gasteiger partial charge is 0.302 e. The Kier molecular flexibility index (Phi) is 3.37. The molecule has 2 heterocycles. The lowest BCUT2D eigenvalue weighted by atomic mass is 10.4. The topological polar surface area (TPSA) is 63.5 Å². The van der Waals surface area contributed by atoms with Crippen molar-refractivity contribution in [1.29, 1.82) is 0 Å². The Morgan fingerprint density at radius 2 is 1.77 bits per heavy atom. The monoisotopic (exact) mass is 319 g/mol. The van der Waals surface area contributed by atoms with Gasteiger partial charge < -0.3 is 4.40 Å². The number of halogens is 1. The Hall–Kier alpha value is -2.41. The fourth-order valence-electron chi connectivity index (χ4n) is 2.17. The van der Waals surface area contributed by atoms with Gasteiger partial charge in [-0.3, -0.25) is 4.72 Å². The van der Waals surface area contributed by atoms with E-state index in [9.17, 15) is 12.8 Å². The molecular weight excluding hydrogens is 305 g/mol. The molecule has 0 saturated heterocycles. The van der Waals surface area contributed by atoms with E-state index in [2.05, 4.69) is 9.71 Å². The molecule has 1 aromatic carbocycles. The van der Waals surface area contributed by atoms with Crippen LogP contribution in [0.2, 0.25) is 0 Å². The summed E-state index contributed by atoms with van der Waals surface area (Å²) in [5.41, 5.74) is 2.99. The second-order valence-corrected chi connectivity index (χ2v) is 6.67. The van der Waals surface area contributed by atoms with Crippen LogP contribution < -0.4 is 4.72 Å². The van der Waals surface area contributed by atoms with Crippen LogP contribution in [0.25, 0.3) is 5.65 Å². The maximum atomic E-state index is 12.9. The van der Waals surface area contributed by atoms with E-state index < -0.39 is 15.8 Å². The van der Waals surface area contributed by atoms with Gasteiger partial charge in [0.1, 0.15) is 11.5 Å². The molecule has 2 aromatic heterocycles. The molecule has 5 nitrogen and oxygen atoms in total. The highest BCUT2D eigenvalue weighted by Crippen LogP contribution is 2.19. The molecule has 0 spiro atoms. The molecule has 3 rings (SSSR count). The van der Waals surface area contributed by atoms with Crippen LogP contribution in [0.4, 0.5) is 10.1 Å². The van der Waals surface area contributed by atoms with Gasteiger partial charge in [0.15, 0.2) is 0 Å². The second-order valence-electron chi connectivity index (χ2n) is 4.99. The summed E-state index contributed by atoms with van der Waals surface area (Å²) in [6, 6.07) is 8.05. The SMILES string of the molecule is Cc1nc2ccc(NS(=O)(=O)c3ccc(F)cc3)cn2c1C. The van der Waals surface area contributed by atoms with Crippen LogP contribution in [0, 0.1) is 19.7 Å². The number of aromatic nitrogens is 2. The van der Waals surface area contributed by atoms with Crippen molar-refractivity contribution >= 4 is 21.4 Å². The molecule has 3 aromatic rings. The Balaban J connectivity index is 1.98. The Morgan fingerprint density at radius 1 is 1.09 bits per heavy atom. The molecule has 0 saturated carbocycles. The minimum absolute atomic E-state index is 0.00697. The molecule has 0 aliphatic carbocycles. The fraction of sp³-hybridized carbons (Fsp3) is 0.133. The van der Waals surface area contributed by atoms with Gasteiger partial charge in [0.2, 0.25) is 0 Å². The lowest BCUT2D eigenvalue weighted by Gasteiger charge is -2.09. The van der Waals surface area contributed by atoms with E-state index in [-0.39, 0.29) is 4.90 Å². The molecule has 0 amide bonds. The summed E-state index contributed by atoms with van der Waals surface area (Å²) in [4.78, 5) is 4.37. The lowest BCUT2D eigenvalue weighted by molar-refractivity contribution is 0.599. The van der Waals surface area contributed by atoms with Crippen molar-refractivity contribution in [1.82, 2.24) is 9.38 Å². The van der Waals surface area contributed by atoms with E-state index in [0.29, 0.717) is 5.69 Å². The van der Waals surface area contributed by atoms with E-state index in [1.54, 1.807) is 18.3 Å². The second kappa shape index (κ2) is 5.10. The first-order valence-electron chi connectivity index (χ1n) is 6.60. The lowest BCUT2D eigenvalue weighted by Crippen LogP contribution is -2.13. The first-order chi connectivity index (χ1) is 10.4. The van der Waals surface area contributed by atoms with E-state index in [4.69, 9.17) is 0 Å².